The Morgan fingerprint density at radius 1 is 1.00 bits per heavy atom. The number of methoxy groups -OCH3 is 2. The van der Waals surface area contributed by atoms with Gasteiger partial charge in [-0.3, -0.25) is 0 Å². The molecule has 2 aromatic carbocycles. The van der Waals surface area contributed by atoms with Crippen LogP contribution in [0.15, 0.2) is 42.5 Å². The summed E-state index contributed by atoms with van der Waals surface area (Å²) in [6.07, 6.45) is 1.65. The van der Waals surface area contributed by atoms with Crippen molar-refractivity contribution >= 4 is 27.9 Å². The van der Waals surface area contributed by atoms with Crippen molar-refractivity contribution in [2.75, 3.05) is 14.2 Å². The maximum atomic E-state index is 6.09. The van der Waals surface area contributed by atoms with E-state index in [-0.39, 0.29) is 0 Å². The molecule has 0 aliphatic carbocycles. The zero-order chi connectivity index (χ0) is 18.8. The topological polar surface area (TPSA) is 61.5 Å². The SMILES string of the molecule is COc1ccc(CCc2nn3c(-c4cccc(Cl)c4)nnc3s2)cc1OC. The van der Waals surface area contributed by atoms with E-state index in [4.69, 9.17) is 21.1 Å². The molecule has 8 heteroatoms. The molecule has 0 bridgehead atoms. The highest BCUT2D eigenvalue weighted by atomic mass is 35.5. The molecule has 0 saturated heterocycles. The second-order valence-electron chi connectivity index (χ2n) is 5.91. The van der Waals surface area contributed by atoms with E-state index in [0.29, 0.717) is 10.8 Å². The first-order valence-electron chi connectivity index (χ1n) is 8.36. The van der Waals surface area contributed by atoms with Crippen LogP contribution in [-0.2, 0) is 12.8 Å². The molecule has 4 rings (SSSR count). The lowest BCUT2D eigenvalue weighted by molar-refractivity contribution is 0.354. The molecule has 0 N–H and O–H groups in total. The number of hydrogen-bond acceptors (Lipinski definition) is 6. The zero-order valence-electron chi connectivity index (χ0n) is 14.8. The summed E-state index contributed by atoms with van der Waals surface area (Å²) in [5, 5.41) is 14.8. The molecule has 0 aliphatic rings. The molecule has 2 heterocycles. The Hall–Kier alpha value is -2.64. The first-order valence-corrected chi connectivity index (χ1v) is 9.55. The van der Waals surface area contributed by atoms with Crippen molar-refractivity contribution in [2.24, 2.45) is 0 Å². The number of rotatable bonds is 6. The molecule has 0 atom stereocenters. The predicted molar refractivity (Wildman–Crippen MR) is 106 cm³/mol. The predicted octanol–water partition coefficient (Wildman–Crippen LogP) is 4.31. The minimum atomic E-state index is 0.660. The van der Waals surface area contributed by atoms with Gasteiger partial charge in [0, 0.05) is 17.0 Å². The van der Waals surface area contributed by atoms with Gasteiger partial charge >= 0.3 is 0 Å². The summed E-state index contributed by atoms with van der Waals surface area (Å²) in [7, 11) is 3.27. The van der Waals surface area contributed by atoms with E-state index in [0.717, 1.165) is 45.4 Å². The van der Waals surface area contributed by atoms with E-state index in [1.807, 2.05) is 42.5 Å². The van der Waals surface area contributed by atoms with Crippen molar-refractivity contribution in [2.45, 2.75) is 12.8 Å². The van der Waals surface area contributed by atoms with E-state index < -0.39 is 0 Å². The van der Waals surface area contributed by atoms with Crippen molar-refractivity contribution in [3.05, 3.63) is 58.1 Å². The van der Waals surface area contributed by atoms with Gasteiger partial charge in [-0.05, 0) is 36.2 Å². The van der Waals surface area contributed by atoms with E-state index >= 15 is 0 Å². The third kappa shape index (κ3) is 3.61. The molecular weight excluding hydrogens is 384 g/mol. The van der Waals surface area contributed by atoms with E-state index in [1.54, 1.807) is 30.1 Å². The Kier molecular flexibility index (Phi) is 4.96. The van der Waals surface area contributed by atoms with Crippen molar-refractivity contribution < 1.29 is 9.47 Å². The standard InChI is InChI=1S/C19H17ClN4O2S/c1-25-15-8-6-12(10-16(15)26-2)7-9-17-23-24-18(21-22-19(24)27-17)13-4-3-5-14(20)11-13/h3-6,8,10-11H,7,9H2,1-2H3. The maximum Gasteiger partial charge on any atom is 0.234 e. The largest absolute Gasteiger partial charge is 0.493 e. The van der Waals surface area contributed by atoms with E-state index in [9.17, 15) is 0 Å². The van der Waals surface area contributed by atoms with Crippen LogP contribution in [0.2, 0.25) is 5.02 Å². The van der Waals surface area contributed by atoms with E-state index in [1.165, 1.54) is 0 Å². The molecule has 27 heavy (non-hydrogen) atoms. The van der Waals surface area contributed by atoms with E-state index in [2.05, 4.69) is 15.3 Å². The number of halogens is 1. The normalized spacial score (nSPS) is 11.1. The van der Waals surface area contributed by atoms with Gasteiger partial charge in [0.2, 0.25) is 4.96 Å². The molecule has 138 valence electrons. The highest BCUT2D eigenvalue weighted by Gasteiger charge is 2.14. The number of aromatic nitrogens is 4. The number of ether oxygens (including phenoxy) is 2. The number of hydrogen-bond donors (Lipinski definition) is 0. The van der Waals surface area contributed by atoms with Gasteiger partial charge in [-0.1, -0.05) is 41.1 Å². The highest BCUT2D eigenvalue weighted by Crippen LogP contribution is 2.29. The third-order valence-electron chi connectivity index (χ3n) is 4.19. The van der Waals surface area contributed by atoms with Gasteiger partial charge in [0.1, 0.15) is 5.01 Å². The van der Waals surface area contributed by atoms with Crippen molar-refractivity contribution in [1.82, 2.24) is 19.8 Å². The monoisotopic (exact) mass is 400 g/mol. The molecule has 0 aliphatic heterocycles. The Labute approximate surface area is 165 Å². The molecule has 0 unspecified atom stereocenters. The minimum absolute atomic E-state index is 0.660. The summed E-state index contributed by atoms with van der Waals surface area (Å²) in [5.41, 5.74) is 2.06. The van der Waals surface area contributed by atoms with Gasteiger partial charge in [-0.15, -0.1) is 10.2 Å². The molecule has 0 fully saturated rings. The second-order valence-corrected chi connectivity index (χ2v) is 7.39. The molecule has 2 aromatic heterocycles. The van der Waals surface area contributed by atoms with Gasteiger partial charge in [0.25, 0.3) is 0 Å². The average Bonchev–Trinajstić information content (AvgIpc) is 3.26. The smallest absolute Gasteiger partial charge is 0.234 e. The summed E-state index contributed by atoms with van der Waals surface area (Å²) < 4.78 is 12.4. The molecule has 0 saturated carbocycles. The lowest BCUT2D eigenvalue weighted by Crippen LogP contribution is -1.96. The first kappa shape index (κ1) is 17.8. The number of fused-ring (bicyclic) bond motifs is 1. The zero-order valence-corrected chi connectivity index (χ0v) is 16.4. The van der Waals surface area contributed by atoms with Crippen LogP contribution in [0, 0.1) is 0 Å². The van der Waals surface area contributed by atoms with Crippen LogP contribution in [0.1, 0.15) is 10.6 Å². The second kappa shape index (κ2) is 7.54. The van der Waals surface area contributed by atoms with Gasteiger partial charge in [-0.25, -0.2) is 0 Å². The van der Waals surface area contributed by atoms with Crippen LogP contribution < -0.4 is 9.47 Å². The fourth-order valence-corrected chi connectivity index (χ4v) is 3.88. The van der Waals surface area contributed by atoms with Crippen LogP contribution in [-0.4, -0.2) is 34.0 Å². The molecular formula is C19H17ClN4O2S. The lowest BCUT2D eigenvalue weighted by Gasteiger charge is -2.09. The number of benzene rings is 2. The maximum absolute atomic E-state index is 6.09. The summed E-state index contributed by atoms with van der Waals surface area (Å²) in [4.78, 5) is 0.771. The number of nitrogens with zero attached hydrogens (tertiary/aromatic N) is 4. The van der Waals surface area contributed by atoms with Gasteiger partial charge in [0.05, 0.1) is 14.2 Å². The Morgan fingerprint density at radius 3 is 2.63 bits per heavy atom. The highest BCUT2D eigenvalue weighted by molar-refractivity contribution is 7.16. The third-order valence-corrected chi connectivity index (χ3v) is 5.38. The molecule has 0 amide bonds. The van der Waals surface area contributed by atoms with Crippen molar-refractivity contribution in [3.63, 3.8) is 0 Å². The van der Waals surface area contributed by atoms with Crippen LogP contribution in [0.5, 0.6) is 11.5 Å². The summed E-state index contributed by atoms with van der Waals surface area (Å²) in [5.74, 6) is 2.16. The van der Waals surface area contributed by atoms with Crippen LogP contribution in [0.4, 0.5) is 0 Å². The van der Waals surface area contributed by atoms with Gasteiger partial charge in [0.15, 0.2) is 17.3 Å². The van der Waals surface area contributed by atoms with Crippen molar-refractivity contribution in [1.29, 1.82) is 0 Å². The average molecular weight is 401 g/mol. The Bertz CT molecular complexity index is 1090. The van der Waals surface area contributed by atoms with Crippen LogP contribution >= 0.6 is 22.9 Å². The van der Waals surface area contributed by atoms with Crippen LogP contribution in [0.25, 0.3) is 16.3 Å². The molecule has 4 aromatic rings. The molecule has 6 nitrogen and oxygen atoms in total. The minimum Gasteiger partial charge on any atom is -0.493 e. The van der Waals surface area contributed by atoms with Crippen molar-refractivity contribution in [3.8, 4) is 22.9 Å². The van der Waals surface area contributed by atoms with Crippen LogP contribution in [0.3, 0.4) is 0 Å². The fourth-order valence-electron chi connectivity index (χ4n) is 2.85. The summed E-state index contributed by atoms with van der Waals surface area (Å²) in [6, 6.07) is 13.5. The molecule has 0 spiro atoms. The van der Waals surface area contributed by atoms with Gasteiger partial charge in [-0.2, -0.15) is 9.61 Å². The quantitative estimate of drug-likeness (QED) is 0.482. The summed E-state index contributed by atoms with van der Waals surface area (Å²) >= 11 is 7.63. The van der Waals surface area contributed by atoms with Gasteiger partial charge < -0.3 is 9.47 Å². The summed E-state index contributed by atoms with van der Waals surface area (Å²) in [6.45, 7) is 0. The Morgan fingerprint density at radius 2 is 1.85 bits per heavy atom. The Balaban J connectivity index is 1.55. The number of aryl methyl sites for hydroxylation is 2. The first-order chi connectivity index (χ1) is 13.2. The molecule has 0 radical (unpaired) electrons. The fraction of sp³-hybridized carbons (Fsp3) is 0.211. The lowest BCUT2D eigenvalue weighted by atomic mass is 10.1.